The predicted octanol–water partition coefficient (Wildman–Crippen LogP) is 4.26. The van der Waals surface area contributed by atoms with Crippen molar-refractivity contribution in [3.05, 3.63) is 18.2 Å². The molecule has 6 N–H and O–H groups in total. The lowest BCUT2D eigenvalue weighted by Gasteiger charge is -2.24. The van der Waals surface area contributed by atoms with Gasteiger partial charge in [-0.15, -0.1) is 0 Å². The summed E-state index contributed by atoms with van der Waals surface area (Å²) >= 11 is 0. The number of carbonyl (C=O) groups excluding carboxylic acids is 1. The minimum Gasteiger partial charge on any atom is -0.420 e. The number of imidazole rings is 1. The minimum absolute atomic E-state index is 0.0645. The zero-order valence-electron chi connectivity index (χ0n) is 20.8. The second-order valence-electron chi connectivity index (χ2n) is 9.71. The molecule has 1 aromatic heterocycles. The van der Waals surface area contributed by atoms with Crippen molar-refractivity contribution >= 4 is 14.2 Å². The van der Waals surface area contributed by atoms with E-state index in [2.05, 4.69) is 28.4 Å². The van der Waals surface area contributed by atoms with Gasteiger partial charge in [-0.05, 0) is 44.9 Å². The number of nitrogens with zero attached hydrogens (tertiary/aromatic N) is 1. The maximum Gasteiger partial charge on any atom is 0.237 e. The number of amides is 1. The number of rotatable bonds is 20. The van der Waals surface area contributed by atoms with E-state index >= 15 is 0 Å². The molecule has 32 heavy (non-hydrogen) atoms. The van der Waals surface area contributed by atoms with Crippen LogP contribution in [0.2, 0.25) is 19.1 Å². The lowest BCUT2D eigenvalue weighted by molar-refractivity contribution is -0.123. The SMILES string of the molecule is CO[Si](C)(C)CCCC(CCCCCCCCCCCN)NC(=O)[C@@H](N)Cc1cnc[nH]1. The first kappa shape index (κ1) is 28.8. The fourth-order valence-electron chi connectivity index (χ4n) is 3.97. The molecule has 7 nitrogen and oxygen atoms in total. The third-order valence-corrected chi connectivity index (χ3v) is 8.98. The van der Waals surface area contributed by atoms with Gasteiger partial charge in [-0.1, -0.05) is 57.8 Å². The van der Waals surface area contributed by atoms with E-state index in [4.69, 9.17) is 15.9 Å². The Morgan fingerprint density at radius 2 is 1.66 bits per heavy atom. The number of unbranched alkanes of at least 4 members (excludes halogenated alkanes) is 8. The van der Waals surface area contributed by atoms with Gasteiger partial charge in [0.15, 0.2) is 8.32 Å². The molecule has 1 amide bonds. The van der Waals surface area contributed by atoms with Crippen LogP contribution >= 0.6 is 0 Å². The van der Waals surface area contributed by atoms with E-state index in [1.54, 1.807) is 12.5 Å². The van der Waals surface area contributed by atoms with E-state index in [1.165, 1.54) is 44.9 Å². The standard InChI is InChI=1S/C24H49N5O2Si/c1-31-32(2,3)17-13-15-21(14-11-9-7-5-4-6-8-10-12-16-25)29-24(30)23(26)18-22-19-27-20-28-22/h19-21,23H,4-18,25-26H2,1-3H3,(H,27,28)(H,29,30)/t21?,23-/m0/s1. The van der Waals surface area contributed by atoms with Gasteiger partial charge < -0.3 is 26.2 Å². The molecule has 0 aliphatic rings. The number of hydrogen-bond donors (Lipinski definition) is 4. The molecule has 0 radical (unpaired) electrons. The topological polar surface area (TPSA) is 119 Å². The smallest absolute Gasteiger partial charge is 0.237 e. The lowest BCUT2D eigenvalue weighted by Crippen LogP contribution is -2.46. The molecule has 1 aromatic rings. The first-order valence-electron chi connectivity index (χ1n) is 12.7. The summed E-state index contributed by atoms with van der Waals surface area (Å²) < 4.78 is 5.68. The molecule has 0 aliphatic carbocycles. The number of carbonyl (C=O) groups is 1. The van der Waals surface area contributed by atoms with Gasteiger partial charge in [-0.2, -0.15) is 0 Å². The monoisotopic (exact) mass is 467 g/mol. The molecular weight excluding hydrogens is 418 g/mol. The van der Waals surface area contributed by atoms with Gasteiger partial charge in [0.1, 0.15) is 0 Å². The largest absolute Gasteiger partial charge is 0.420 e. The number of hydrogen-bond acceptors (Lipinski definition) is 5. The van der Waals surface area contributed by atoms with E-state index in [9.17, 15) is 4.79 Å². The number of H-pyrrole nitrogens is 1. The highest BCUT2D eigenvalue weighted by Gasteiger charge is 2.22. The number of aromatic nitrogens is 2. The molecular formula is C24H49N5O2Si. The summed E-state index contributed by atoms with van der Waals surface area (Å²) in [6, 6.07) is 0.746. The van der Waals surface area contributed by atoms with Gasteiger partial charge in [0.2, 0.25) is 5.91 Å². The molecule has 2 atom stereocenters. The van der Waals surface area contributed by atoms with Gasteiger partial charge in [-0.25, -0.2) is 4.98 Å². The van der Waals surface area contributed by atoms with Crippen LogP contribution in [0.3, 0.4) is 0 Å². The Hall–Kier alpha value is -1.22. The number of aromatic amines is 1. The number of nitrogens with two attached hydrogens (primary N) is 2. The van der Waals surface area contributed by atoms with E-state index in [1.807, 2.05) is 7.11 Å². The highest BCUT2D eigenvalue weighted by atomic mass is 28.4. The van der Waals surface area contributed by atoms with Gasteiger partial charge >= 0.3 is 0 Å². The maximum absolute atomic E-state index is 12.7. The molecule has 1 heterocycles. The van der Waals surface area contributed by atoms with Crippen LogP contribution in [0.15, 0.2) is 12.5 Å². The molecule has 0 spiro atoms. The summed E-state index contributed by atoms with van der Waals surface area (Å²) in [6.07, 6.45) is 18.3. The fourth-order valence-corrected chi connectivity index (χ4v) is 5.23. The Bertz CT molecular complexity index is 583. The van der Waals surface area contributed by atoms with Crippen molar-refractivity contribution in [3.8, 4) is 0 Å². The molecule has 0 saturated carbocycles. The highest BCUT2D eigenvalue weighted by Crippen LogP contribution is 2.18. The highest BCUT2D eigenvalue weighted by molar-refractivity contribution is 6.71. The zero-order chi connectivity index (χ0) is 23.7. The van der Waals surface area contributed by atoms with Crippen LogP contribution in [0.5, 0.6) is 0 Å². The Labute approximate surface area is 197 Å². The van der Waals surface area contributed by atoms with E-state index in [0.29, 0.717) is 6.42 Å². The summed E-state index contributed by atoms with van der Waals surface area (Å²) in [5.74, 6) is -0.0645. The van der Waals surface area contributed by atoms with Crippen LogP contribution in [0, 0.1) is 0 Å². The molecule has 1 rings (SSSR count). The maximum atomic E-state index is 12.7. The van der Waals surface area contributed by atoms with Crippen LogP contribution in [0.1, 0.15) is 82.7 Å². The van der Waals surface area contributed by atoms with Crippen molar-refractivity contribution in [2.75, 3.05) is 13.7 Å². The lowest BCUT2D eigenvalue weighted by atomic mass is 10.0. The molecule has 0 fully saturated rings. The van der Waals surface area contributed by atoms with Crippen molar-refractivity contribution < 1.29 is 9.22 Å². The summed E-state index contributed by atoms with van der Waals surface area (Å²) in [5.41, 5.74) is 12.6. The van der Waals surface area contributed by atoms with Crippen LogP contribution in [0.4, 0.5) is 0 Å². The van der Waals surface area contributed by atoms with Crippen LogP contribution in [-0.2, 0) is 15.6 Å². The average molecular weight is 468 g/mol. The Balaban J connectivity index is 2.35. The molecule has 0 aliphatic heterocycles. The third-order valence-electron chi connectivity index (χ3n) is 6.32. The molecule has 1 unspecified atom stereocenters. The van der Waals surface area contributed by atoms with Crippen LogP contribution in [0.25, 0.3) is 0 Å². The second kappa shape index (κ2) is 17.3. The Morgan fingerprint density at radius 3 is 2.22 bits per heavy atom. The van der Waals surface area contributed by atoms with Crippen LogP contribution < -0.4 is 16.8 Å². The summed E-state index contributed by atoms with van der Waals surface area (Å²) in [4.78, 5) is 19.7. The van der Waals surface area contributed by atoms with Crippen molar-refractivity contribution in [2.45, 2.75) is 115 Å². The second-order valence-corrected chi connectivity index (χ2v) is 14.1. The Morgan fingerprint density at radius 1 is 1.06 bits per heavy atom. The van der Waals surface area contributed by atoms with Gasteiger partial charge in [0.25, 0.3) is 0 Å². The van der Waals surface area contributed by atoms with Crippen LogP contribution in [-0.4, -0.2) is 49.9 Å². The molecule has 0 aromatic carbocycles. The molecule has 8 heteroatoms. The number of nitrogens with one attached hydrogen (secondary N) is 2. The normalized spacial score (nSPS) is 13.8. The first-order valence-corrected chi connectivity index (χ1v) is 15.8. The van der Waals surface area contributed by atoms with E-state index in [-0.39, 0.29) is 11.9 Å². The van der Waals surface area contributed by atoms with Gasteiger partial charge in [0.05, 0.1) is 12.4 Å². The third kappa shape index (κ3) is 14.0. The molecule has 0 bridgehead atoms. The predicted molar refractivity (Wildman–Crippen MR) is 136 cm³/mol. The van der Waals surface area contributed by atoms with Crippen molar-refractivity contribution in [1.29, 1.82) is 0 Å². The zero-order valence-corrected chi connectivity index (χ0v) is 21.8. The summed E-state index contributed by atoms with van der Waals surface area (Å²) in [5, 5.41) is 3.23. The van der Waals surface area contributed by atoms with Crippen molar-refractivity contribution in [2.24, 2.45) is 11.5 Å². The summed E-state index contributed by atoms with van der Waals surface area (Å²) in [6.45, 7) is 5.31. The average Bonchev–Trinajstić information content (AvgIpc) is 3.27. The fraction of sp³-hybridized carbons (Fsp3) is 0.833. The van der Waals surface area contributed by atoms with Gasteiger partial charge in [-0.3, -0.25) is 4.79 Å². The first-order chi connectivity index (χ1) is 15.4. The minimum atomic E-state index is -1.57. The molecule has 186 valence electrons. The van der Waals surface area contributed by atoms with Crippen molar-refractivity contribution in [3.63, 3.8) is 0 Å². The van der Waals surface area contributed by atoms with Crippen molar-refractivity contribution in [1.82, 2.24) is 15.3 Å². The van der Waals surface area contributed by atoms with E-state index < -0.39 is 14.4 Å². The molecule has 0 saturated heterocycles. The quantitative estimate of drug-likeness (QED) is 0.169. The van der Waals surface area contributed by atoms with Gasteiger partial charge in [0, 0.05) is 31.5 Å². The summed E-state index contributed by atoms with van der Waals surface area (Å²) in [7, 11) is 0.248. The van der Waals surface area contributed by atoms with E-state index in [0.717, 1.165) is 50.4 Å². The Kier molecular flexibility index (Phi) is 15.6.